The summed E-state index contributed by atoms with van der Waals surface area (Å²) in [4.78, 5) is 14.6. The monoisotopic (exact) mass is 370 g/mol. The molecule has 1 saturated carbocycles. The molecule has 1 spiro atoms. The van der Waals surface area contributed by atoms with Gasteiger partial charge in [0, 0.05) is 54.7 Å². The van der Waals surface area contributed by atoms with E-state index in [4.69, 9.17) is 0 Å². The predicted molar refractivity (Wildman–Crippen MR) is 95.3 cm³/mol. The van der Waals surface area contributed by atoms with Crippen LogP contribution in [0, 0.1) is 16.7 Å². The topological polar surface area (TPSA) is 61.9 Å². The fourth-order valence-electron chi connectivity index (χ4n) is 4.13. The van der Waals surface area contributed by atoms with Crippen LogP contribution in [-0.2, 0) is 0 Å². The predicted octanol–water partition coefficient (Wildman–Crippen LogP) is 3.87. The average Bonchev–Trinajstić information content (AvgIpc) is 3.06. The fourth-order valence-corrected chi connectivity index (χ4v) is 4.13. The van der Waals surface area contributed by atoms with Crippen molar-refractivity contribution in [2.24, 2.45) is 5.41 Å². The van der Waals surface area contributed by atoms with Crippen LogP contribution in [0.4, 0.5) is 8.78 Å². The maximum absolute atomic E-state index is 13.2. The van der Waals surface area contributed by atoms with Gasteiger partial charge in [0.15, 0.2) is 0 Å². The molecule has 1 amide bonds. The molecule has 2 heterocycles. The minimum Gasteiger partial charge on any atom is -0.337 e. The van der Waals surface area contributed by atoms with Crippen LogP contribution in [0.15, 0.2) is 30.5 Å². The molecular formula is C20H20F2N4O. The summed E-state index contributed by atoms with van der Waals surface area (Å²) < 4.78 is 28.2. The first-order valence-corrected chi connectivity index (χ1v) is 8.99. The Hall–Kier alpha value is -2.75. The minimum atomic E-state index is -2.58. The lowest BCUT2D eigenvalue weighted by atomic mass is 9.61. The highest BCUT2D eigenvalue weighted by Gasteiger charge is 2.62. The number of benzene rings is 1. The number of nitriles is 1. The number of hydrogen-bond acceptors (Lipinski definition) is 3. The van der Waals surface area contributed by atoms with Gasteiger partial charge in [-0.25, -0.2) is 8.78 Å². The quantitative estimate of drug-likeness (QED) is 0.824. The Balaban J connectivity index is 1.61. The third-order valence-electron chi connectivity index (χ3n) is 5.40. The Morgan fingerprint density at radius 3 is 2.52 bits per heavy atom. The number of carbonyl (C=O) groups excluding carboxylic acids is 1. The number of aromatic nitrogens is 2. The van der Waals surface area contributed by atoms with E-state index in [-0.39, 0.29) is 24.8 Å². The highest BCUT2D eigenvalue weighted by atomic mass is 19.3. The second kappa shape index (κ2) is 5.88. The highest BCUT2D eigenvalue weighted by molar-refractivity contribution is 6.01. The summed E-state index contributed by atoms with van der Waals surface area (Å²) in [5, 5.41) is 13.7. The van der Waals surface area contributed by atoms with Crippen molar-refractivity contribution in [3.63, 3.8) is 0 Å². The maximum atomic E-state index is 13.2. The molecule has 4 rings (SSSR count). The molecule has 1 aliphatic heterocycles. The molecule has 0 unspecified atom stereocenters. The molecule has 0 atom stereocenters. The Kier molecular flexibility index (Phi) is 3.84. The van der Waals surface area contributed by atoms with Crippen LogP contribution in [0.25, 0.3) is 11.3 Å². The van der Waals surface area contributed by atoms with E-state index in [2.05, 4.69) is 11.2 Å². The first-order valence-electron chi connectivity index (χ1n) is 8.99. The third kappa shape index (κ3) is 2.99. The first-order chi connectivity index (χ1) is 12.7. The van der Waals surface area contributed by atoms with Gasteiger partial charge in [0.2, 0.25) is 5.92 Å². The van der Waals surface area contributed by atoms with Crippen molar-refractivity contribution in [3.8, 4) is 17.3 Å². The summed E-state index contributed by atoms with van der Waals surface area (Å²) >= 11 is 0. The van der Waals surface area contributed by atoms with Crippen molar-refractivity contribution in [1.29, 1.82) is 5.26 Å². The van der Waals surface area contributed by atoms with Gasteiger partial charge >= 0.3 is 0 Å². The van der Waals surface area contributed by atoms with E-state index in [1.54, 1.807) is 27.8 Å². The summed E-state index contributed by atoms with van der Waals surface area (Å²) in [6.45, 7) is 4.73. The van der Waals surface area contributed by atoms with Crippen LogP contribution < -0.4 is 0 Å². The molecule has 1 aromatic heterocycles. The van der Waals surface area contributed by atoms with Gasteiger partial charge in [0.1, 0.15) is 0 Å². The van der Waals surface area contributed by atoms with Crippen molar-refractivity contribution in [2.45, 2.75) is 38.7 Å². The van der Waals surface area contributed by atoms with Gasteiger partial charge in [0.05, 0.1) is 17.3 Å². The zero-order chi connectivity index (χ0) is 19.4. The van der Waals surface area contributed by atoms with Crippen molar-refractivity contribution in [2.75, 3.05) is 13.1 Å². The van der Waals surface area contributed by atoms with Gasteiger partial charge < -0.3 is 4.90 Å². The van der Waals surface area contributed by atoms with Crippen LogP contribution in [0.5, 0.6) is 0 Å². The van der Waals surface area contributed by atoms with E-state index in [1.807, 2.05) is 26.1 Å². The Morgan fingerprint density at radius 2 is 1.96 bits per heavy atom. The lowest BCUT2D eigenvalue weighted by Crippen LogP contribution is -2.66. The van der Waals surface area contributed by atoms with Crippen molar-refractivity contribution >= 4 is 5.91 Å². The van der Waals surface area contributed by atoms with Crippen LogP contribution in [0.3, 0.4) is 0 Å². The summed E-state index contributed by atoms with van der Waals surface area (Å²) in [6, 6.07) is 8.97. The van der Waals surface area contributed by atoms with E-state index < -0.39 is 11.3 Å². The number of likely N-dealkylation sites (tertiary alicyclic amines) is 1. The smallest absolute Gasteiger partial charge is 0.254 e. The summed E-state index contributed by atoms with van der Waals surface area (Å²) in [6.07, 6.45) is 1.56. The van der Waals surface area contributed by atoms with Crippen LogP contribution in [0.2, 0.25) is 0 Å². The van der Waals surface area contributed by atoms with Crippen molar-refractivity contribution < 1.29 is 13.6 Å². The molecule has 0 radical (unpaired) electrons. The van der Waals surface area contributed by atoms with Gasteiger partial charge in [0.25, 0.3) is 5.91 Å². The molecule has 140 valence electrons. The molecule has 1 aliphatic carbocycles. The molecule has 0 N–H and O–H groups in total. The van der Waals surface area contributed by atoms with Crippen molar-refractivity contribution in [1.82, 2.24) is 14.7 Å². The Bertz CT molecular complexity index is 941. The van der Waals surface area contributed by atoms with E-state index in [9.17, 15) is 18.8 Å². The SMILES string of the molecule is CC(C)n1ccc(-c2cc(C#N)ccc2C(=O)N2CC3(C2)CC(F)(F)C3)n1. The Morgan fingerprint density at radius 1 is 1.26 bits per heavy atom. The standard InChI is InChI=1S/C20H20F2N4O/c1-13(2)26-6-5-17(24-26)16-7-14(8-23)3-4-15(16)18(27)25-11-19(12-25)9-20(21,22)10-19/h3-7,13H,9-12H2,1-2H3. The zero-order valence-corrected chi connectivity index (χ0v) is 15.2. The van der Waals surface area contributed by atoms with Gasteiger partial charge in [-0.2, -0.15) is 10.4 Å². The molecule has 27 heavy (non-hydrogen) atoms. The normalized spacial score (nSPS) is 19.5. The molecule has 1 aromatic carbocycles. The first kappa shape index (κ1) is 17.7. The molecule has 2 aliphatic rings. The molecule has 7 heteroatoms. The van der Waals surface area contributed by atoms with E-state index in [0.29, 0.717) is 35.5 Å². The number of amides is 1. The molecular weight excluding hydrogens is 350 g/mol. The van der Waals surface area contributed by atoms with Gasteiger partial charge in [-0.1, -0.05) is 0 Å². The van der Waals surface area contributed by atoms with Gasteiger partial charge in [-0.05, 0) is 38.1 Å². The lowest BCUT2D eigenvalue weighted by molar-refractivity contribution is -0.203. The molecule has 2 aromatic rings. The molecule has 2 fully saturated rings. The second-order valence-corrected chi connectivity index (χ2v) is 8.02. The second-order valence-electron chi connectivity index (χ2n) is 8.02. The minimum absolute atomic E-state index is 0.136. The largest absolute Gasteiger partial charge is 0.337 e. The third-order valence-corrected chi connectivity index (χ3v) is 5.40. The van der Waals surface area contributed by atoms with E-state index in [0.717, 1.165) is 0 Å². The number of halogens is 2. The lowest BCUT2D eigenvalue weighted by Gasteiger charge is -2.58. The van der Waals surface area contributed by atoms with Gasteiger partial charge in [-0.3, -0.25) is 9.48 Å². The van der Waals surface area contributed by atoms with Crippen LogP contribution >= 0.6 is 0 Å². The number of alkyl halides is 2. The summed E-state index contributed by atoms with van der Waals surface area (Å²) in [5.41, 5.74) is 1.70. The number of hydrogen-bond donors (Lipinski definition) is 0. The number of rotatable bonds is 3. The number of carbonyl (C=O) groups is 1. The summed E-state index contributed by atoms with van der Waals surface area (Å²) in [7, 11) is 0. The fraction of sp³-hybridized carbons (Fsp3) is 0.450. The average molecular weight is 370 g/mol. The molecule has 1 saturated heterocycles. The van der Waals surface area contributed by atoms with Crippen molar-refractivity contribution in [3.05, 3.63) is 41.6 Å². The molecule has 5 nitrogen and oxygen atoms in total. The van der Waals surface area contributed by atoms with Crippen LogP contribution in [0.1, 0.15) is 48.7 Å². The van der Waals surface area contributed by atoms with Crippen LogP contribution in [-0.4, -0.2) is 39.6 Å². The van der Waals surface area contributed by atoms with Gasteiger partial charge in [-0.15, -0.1) is 0 Å². The zero-order valence-electron chi connectivity index (χ0n) is 15.2. The summed E-state index contributed by atoms with van der Waals surface area (Å²) in [5.74, 6) is -2.78. The van der Waals surface area contributed by atoms with E-state index in [1.165, 1.54) is 0 Å². The maximum Gasteiger partial charge on any atom is 0.254 e. The highest BCUT2D eigenvalue weighted by Crippen LogP contribution is 2.56. The Labute approximate surface area is 156 Å². The molecule has 0 bridgehead atoms. The van der Waals surface area contributed by atoms with E-state index >= 15 is 0 Å². The number of nitrogens with zero attached hydrogens (tertiary/aromatic N) is 4.